The average molecular weight is 520 g/mol. The summed E-state index contributed by atoms with van der Waals surface area (Å²) in [6, 6.07) is 11.5. The summed E-state index contributed by atoms with van der Waals surface area (Å²) < 4.78 is 37.1. The number of carbonyl (C=O) groups excluding carboxylic acids is 2. The van der Waals surface area contributed by atoms with E-state index in [0.29, 0.717) is 12.3 Å². The Kier molecular flexibility index (Phi) is 10.6. The molecule has 0 heterocycles. The van der Waals surface area contributed by atoms with Crippen LogP contribution in [0.1, 0.15) is 37.8 Å². The lowest BCUT2D eigenvalue weighted by Gasteiger charge is -2.32. The minimum Gasteiger partial charge on any atom is -0.497 e. The van der Waals surface area contributed by atoms with Crippen LogP contribution in [-0.4, -0.2) is 64.7 Å². The van der Waals surface area contributed by atoms with Gasteiger partial charge in [-0.2, -0.15) is 0 Å². The summed E-state index contributed by atoms with van der Waals surface area (Å²) in [7, 11) is -0.978. The Balaban J connectivity index is 2.41. The van der Waals surface area contributed by atoms with Crippen molar-refractivity contribution < 1.29 is 27.5 Å². The van der Waals surface area contributed by atoms with Crippen LogP contribution in [0.2, 0.25) is 0 Å². The van der Waals surface area contributed by atoms with E-state index >= 15 is 0 Å². The summed E-state index contributed by atoms with van der Waals surface area (Å²) in [5, 5.41) is 2.86. The number of nitrogens with one attached hydrogen (secondary N) is 1. The van der Waals surface area contributed by atoms with E-state index in [1.165, 1.54) is 25.2 Å². The Morgan fingerprint density at radius 2 is 1.72 bits per heavy atom. The van der Waals surface area contributed by atoms with Gasteiger partial charge in [-0.05, 0) is 38.0 Å². The van der Waals surface area contributed by atoms with Crippen molar-refractivity contribution in [3.8, 4) is 11.5 Å². The smallest absolute Gasteiger partial charge is 0.244 e. The molecular weight excluding hydrogens is 482 g/mol. The largest absolute Gasteiger partial charge is 0.497 e. The molecule has 0 bridgehead atoms. The monoisotopic (exact) mass is 519 g/mol. The Morgan fingerprint density at radius 1 is 1.06 bits per heavy atom. The van der Waals surface area contributed by atoms with E-state index in [1.54, 1.807) is 19.1 Å². The van der Waals surface area contributed by atoms with Gasteiger partial charge in [0.05, 0.1) is 26.2 Å². The number of unbranched alkanes of at least 4 members (excludes halogenated alkanes) is 1. The summed E-state index contributed by atoms with van der Waals surface area (Å²) >= 11 is 0. The molecule has 0 aromatic heterocycles. The normalized spacial score (nSPS) is 11.9. The first-order valence-electron chi connectivity index (χ1n) is 11.8. The fourth-order valence-electron chi connectivity index (χ4n) is 3.59. The van der Waals surface area contributed by atoms with Crippen molar-refractivity contribution >= 4 is 27.5 Å². The lowest BCUT2D eigenvalue weighted by molar-refractivity contribution is -0.139. The predicted octanol–water partition coefficient (Wildman–Crippen LogP) is 3.11. The molecule has 9 nitrogen and oxygen atoms in total. The zero-order valence-electron chi connectivity index (χ0n) is 21.9. The molecule has 0 saturated carbocycles. The third kappa shape index (κ3) is 7.87. The van der Waals surface area contributed by atoms with Gasteiger partial charge in [0.25, 0.3) is 0 Å². The maximum Gasteiger partial charge on any atom is 0.244 e. The first kappa shape index (κ1) is 29.0. The molecule has 36 heavy (non-hydrogen) atoms. The lowest BCUT2D eigenvalue weighted by Crippen LogP contribution is -2.51. The number of hydrogen-bond donors (Lipinski definition) is 1. The predicted molar refractivity (Wildman–Crippen MR) is 141 cm³/mol. The van der Waals surface area contributed by atoms with Gasteiger partial charge in [-0.3, -0.25) is 13.9 Å². The van der Waals surface area contributed by atoms with Crippen molar-refractivity contribution in [1.82, 2.24) is 10.2 Å². The molecule has 0 unspecified atom stereocenters. The second-order valence-corrected chi connectivity index (χ2v) is 10.5. The Labute approximate surface area is 214 Å². The van der Waals surface area contributed by atoms with Crippen LogP contribution in [-0.2, 0) is 26.2 Å². The molecule has 2 aromatic rings. The van der Waals surface area contributed by atoms with Crippen molar-refractivity contribution in [3.05, 3.63) is 53.6 Å². The van der Waals surface area contributed by atoms with Gasteiger partial charge in [0.1, 0.15) is 24.1 Å². The number of benzene rings is 2. The van der Waals surface area contributed by atoms with Gasteiger partial charge >= 0.3 is 0 Å². The second kappa shape index (κ2) is 13.2. The fraction of sp³-hybridized carbons (Fsp3) is 0.462. The molecule has 1 N–H and O–H groups in total. The van der Waals surface area contributed by atoms with E-state index in [-0.39, 0.29) is 23.9 Å². The molecule has 0 aliphatic heterocycles. The first-order valence-corrected chi connectivity index (χ1v) is 13.7. The van der Waals surface area contributed by atoms with Gasteiger partial charge in [0.15, 0.2) is 0 Å². The number of rotatable bonds is 13. The van der Waals surface area contributed by atoms with Crippen molar-refractivity contribution in [3.63, 3.8) is 0 Å². The topological polar surface area (TPSA) is 105 Å². The van der Waals surface area contributed by atoms with Crippen molar-refractivity contribution in [2.45, 2.75) is 46.2 Å². The molecule has 0 radical (unpaired) electrons. The van der Waals surface area contributed by atoms with E-state index in [2.05, 4.69) is 5.32 Å². The molecule has 2 amide bonds. The minimum absolute atomic E-state index is 0.152. The zero-order chi connectivity index (χ0) is 26.9. The number of carbonyl (C=O) groups is 2. The van der Waals surface area contributed by atoms with Crippen LogP contribution in [0.25, 0.3) is 0 Å². The highest BCUT2D eigenvalue weighted by atomic mass is 32.2. The van der Waals surface area contributed by atoms with Gasteiger partial charge in [-0.1, -0.05) is 43.2 Å². The second-order valence-electron chi connectivity index (χ2n) is 8.64. The zero-order valence-corrected chi connectivity index (χ0v) is 22.7. The van der Waals surface area contributed by atoms with Gasteiger partial charge in [-0.25, -0.2) is 8.42 Å². The highest BCUT2D eigenvalue weighted by molar-refractivity contribution is 7.92. The fourth-order valence-corrected chi connectivity index (χ4v) is 4.45. The molecular formula is C26H37N3O6S. The van der Waals surface area contributed by atoms with Gasteiger partial charge in [0, 0.05) is 19.2 Å². The SMILES string of the molecule is CCCCNC(=O)[C@H](C)N(Cc1ccc(C)cc1)C(=O)CN(c1ccc(OC)cc1OC)S(C)(=O)=O. The molecule has 2 rings (SSSR count). The molecule has 0 aliphatic carbocycles. The summed E-state index contributed by atoms with van der Waals surface area (Å²) in [4.78, 5) is 27.9. The number of nitrogens with zero attached hydrogens (tertiary/aromatic N) is 2. The molecule has 2 aromatic carbocycles. The van der Waals surface area contributed by atoms with Crippen LogP contribution in [0, 0.1) is 6.92 Å². The van der Waals surface area contributed by atoms with Crippen LogP contribution in [0.3, 0.4) is 0 Å². The third-order valence-electron chi connectivity index (χ3n) is 5.81. The number of anilines is 1. The van der Waals surface area contributed by atoms with E-state index in [4.69, 9.17) is 9.47 Å². The van der Waals surface area contributed by atoms with Gasteiger partial charge in [0.2, 0.25) is 21.8 Å². The molecule has 0 aliphatic rings. The van der Waals surface area contributed by atoms with Crippen LogP contribution < -0.4 is 19.1 Å². The number of hydrogen-bond acceptors (Lipinski definition) is 6. The number of methoxy groups -OCH3 is 2. The maximum absolute atomic E-state index is 13.6. The molecule has 0 spiro atoms. The number of sulfonamides is 1. The van der Waals surface area contributed by atoms with Crippen molar-refractivity contribution in [1.29, 1.82) is 0 Å². The van der Waals surface area contributed by atoms with Crippen molar-refractivity contribution in [2.75, 3.05) is 37.9 Å². The average Bonchev–Trinajstić information content (AvgIpc) is 2.85. The Hall–Kier alpha value is -3.27. The Morgan fingerprint density at radius 3 is 2.28 bits per heavy atom. The molecule has 1 atom stereocenters. The van der Waals surface area contributed by atoms with Crippen LogP contribution in [0.5, 0.6) is 11.5 Å². The molecule has 0 fully saturated rings. The van der Waals surface area contributed by atoms with Gasteiger partial charge < -0.3 is 19.7 Å². The van der Waals surface area contributed by atoms with Crippen LogP contribution in [0.4, 0.5) is 5.69 Å². The number of ether oxygens (including phenoxy) is 2. The Bertz CT molecular complexity index is 1130. The summed E-state index contributed by atoms with van der Waals surface area (Å²) in [6.07, 6.45) is 2.77. The van der Waals surface area contributed by atoms with Crippen LogP contribution >= 0.6 is 0 Å². The highest BCUT2D eigenvalue weighted by Crippen LogP contribution is 2.33. The summed E-state index contributed by atoms with van der Waals surface area (Å²) in [5.74, 6) is -0.0920. The maximum atomic E-state index is 13.6. The van der Waals surface area contributed by atoms with Gasteiger partial charge in [-0.15, -0.1) is 0 Å². The minimum atomic E-state index is -3.88. The van der Waals surface area contributed by atoms with E-state index in [1.807, 2.05) is 38.1 Å². The summed E-state index contributed by atoms with van der Waals surface area (Å²) in [6.45, 7) is 5.79. The molecule has 198 valence electrons. The number of aryl methyl sites for hydroxylation is 1. The van der Waals surface area contributed by atoms with Crippen molar-refractivity contribution in [2.24, 2.45) is 0 Å². The lowest BCUT2D eigenvalue weighted by atomic mass is 10.1. The quantitative estimate of drug-likeness (QED) is 0.408. The summed E-state index contributed by atoms with van der Waals surface area (Å²) in [5.41, 5.74) is 2.09. The first-order chi connectivity index (χ1) is 17.0. The molecule has 0 saturated heterocycles. The number of amides is 2. The third-order valence-corrected chi connectivity index (χ3v) is 6.93. The van der Waals surface area contributed by atoms with Crippen LogP contribution in [0.15, 0.2) is 42.5 Å². The van der Waals surface area contributed by atoms with E-state index < -0.39 is 28.5 Å². The molecule has 10 heteroatoms. The highest BCUT2D eigenvalue weighted by Gasteiger charge is 2.31. The van der Waals surface area contributed by atoms with E-state index in [0.717, 1.165) is 34.5 Å². The standard InChI is InChI=1S/C26H37N3O6S/c1-7-8-15-27-26(31)20(3)28(17-21-11-9-19(2)10-12-21)25(30)18-29(36(6,32)33)23-14-13-22(34-4)16-24(23)35-5/h9-14,16,20H,7-8,15,17-18H2,1-6H3,(H,27,31)/t20-/m0/s1. The van der Waals surface area contributed by atoms with E-state index in [9.17, 15) is 18.0 Å².